The number of rotatable bonds is 7. The lowest BCUT2D eigenvalue weighted by Crippen LogP contribution is -2.31. The number of H-pyrrole nitrogens is 1. The highest BCUT2D eigenvalue weighted by Gasteiger charge is 2.23. The Hall–Kier alpha value is -1.89. The first-order valence-electron chi connectivity index (χ1n) is 6.19. The predicted molar refractivity (Wildman–Crippen MR) is 66.1 cm³/mol. The molecule has 1 fully saturated rings. The van der Waals surface area contributed by atoms with Crippen LogP contribution in [0.3, 0.4) is 0 Å². The number of aromatic nitrogens is 2. The minimum absolute atomic E-state index is 0.0720. The van der Waals surface area contributed by atoms with E-state index in [-0.39, 0.29) is 11.4 Å². The molecule has 0 radical (unpaired) electrons. The van der Waals surface area contributed by atoms with Crippen molar-refractivity contribution >= 4 is 11.9 Å². The number of carbonyl (C=O) groups is 2. The molecule has 2 N–H and O–H groups in total. The number of nitrogens with zero attached hydrogens (tertiary/aromatic N) is 2. The predicted octanol–water partition coefficient (Wildman–Crippen LogP) is 0.607. The molecule has 0 unspecified atom stereocenters. The van der Waals surface area contributed by atoms with Gasteiger partial charge in [-0.05, 0) is 18.8 Å². The van der Waals surface area contributed by atoms with Crippen molar-refractivity contribution in [1.82, 2.24) is 14.9 Å². The molecule has 1 aromatic rings. The van der Waals surface area contributed by atoms with E-state index in [9.17, 15) is 9.59 Å². The third kappa shape index (κ3) is 3.54. The van der Waals surface area contributed by atoms with Gasteiger partial charge in [0.25, 0.3) is 5.91 Å². The van der Waals surface area contributed by atoms with Gasteiger partial charge in [-0.3, -0.25) is 4.79 Å². The lowest BCUT2D eigenvalue weighted by molar-refractivity contribution is 0.0644. The van der Waals surface area contributed by atoms with Crippen molar-refractivity contribution in [3.05, 3.63) is 17.7 Å². The fraction of sp³-hybridized carbons (Fsp3) is 0.583. The average Bonchev–Trinajstić information content (AvgIpc) is 3.06. The Labute approximate surface area is 110 Å². The topological polar surface area (TPSA) is 95.5 Å². The maximum absolute atomic E-state index is 12.0. The smallest absolute Gasteiger partial charge is 0.354 e. The lowest BCUT2D eigenvalue weighted by atomic mass is 10.3. The number of nitrogens with one attached hydrogen (secondary N) is 1. The molecule has 1 amide bonds. The summed E-state index contributed by atoms with van der Waals surface area (Å²) in [4.78, 5) is 30.5. The van der Waals surface area contributed by atoms with Crippen molar-refractivity contribution in [3.63, 3.8) is 0 Å². The van der Waals surface area contributed by atoms with E-state index >= 15 is 0 Å². The van der Waals surface area contributed by atoms with Crippen LogP contribution in [0.5, 0.6) is 0 Å². The molecule has 1 saturated carbocycles. The van der Waals surface area contributed by atoms with Crippen LogP contribution in [0.15, 0.2) is 6.33 Å². The normalized spacial score (nSPS) is 14.4. The Morgan fingerprint density at radius 3 is 2.95 bits per heavy atom. The van der Waals surface area contributed by atoms with Crippen LogP contribution in [-0.4, -0.2) is 58.7 Å². The number of imidazole rings is 1. The van der Waals surface area contributed by atoms with E-state index in [4.69, 9.17) is 9.84 Å². The third-order valence-electron chi connectivity index (χ3n) is 3.02. The molecule has 1 aliphatic carbocycles. The van der Waals surface area contributed by atoms with Gasteiger partial charge in [-0.1, -0.05) is 0 Å². The summed E-state index contributed by atoms with van der Waals surface area (Å²) >= 11 is 0. The van der Waals surface area contributed by atoms with Crippen molar-refractivity contribution in [2.75, 3.05) is 26.8 Å². The maximum atomic E-state index is 12.0. The Morgan fingerprint density at radius 2 is 2.32 bits per heavy atom. The van der Waals surface area contributed by atoms with Crippen LogP contribution in [0.1, 0.15) is 33.8 Å². The molecule has 1 heterocycles. The SMILES string of the molecule is CN(CCOCC1CC1)C(=O)c1nc[nH]c1C(=O)O. The number of amides is 1. The molecular weight excluding hydrogens is 250 g/mol. The van der Waals surface area contributed by atoms with E-state index in [2.05, 4.69) is 9.97 Å². The Bertz CT molecular complexity index is 467. The summed E-state index contributed by atoms with van der Waals surface area (Å²) in [6.45, 7) is 1.61. The Kier molecular flexibility index (Phi) is 4.16. The molecule has 2 rings (SSSR count). The second-order valence-electron chi connectivity index (χ2n) is 4.68. The van der Waals surface area contributed by atoms with Crippen molar-refractivity contribution in [2.24, 2.45) is 5.92 Å². The van der Waals surface area contributed by atoms with Crippen LogP contribution >= 0.6 is 0 Å². The molecule has 104 valence electrons. The van der Waals surface area contributed by atoms with Crippen LogP contribution in [-0.2, 0) is 4.74 Å². The van der Waals surface area contributed by atoms with E-state index < -0.39 is 11.9 Å². The fourth-order valence-corrected chi connectivity index (χ4v) is 1.64. The fourth-order valence-electron chi connectivity index (χ4n) is 1.64. The Morgan fingerprint density at radius 1 is 1.58 bits per heavy atom. The summed E-state index contributed by atoms with van der Waals surface area (Å²) in [5.41, 5.74) is -0.257. The van der Waals surface area contributed by atoms with Crippen LogP contribution in [0, 0.1) is 5.92 Å². The number of carbonyl (C=O) groups excluding carboxylic acids is 1. The minimum atomic E-state index is -1.20. The van der Waals surface area contributed by atoms with E-state index in [1.807, 2.05) is 0 Å². The number of hydrogen-bond donors (Lipinski definition) is 2. The van der Waals surface area contributed by atoms with Gasteiger partial charge >= 0.3 is 5.97 Å². The molecule has 0 aromatic carbocycles. The number of aromatic amines is 1. The van der Waals surface area contributed by atoms with E-state index in [0.717, 1.165) is 6.61 Å². The standard InChI is InChI=1S/C12H17N3O4/c1-15(4-5-19-6-8-2-3-8)11(16)9-10(12(17)18)14-7-13-9/h7-8H,2-6H2,1H3,(H,13,14)(H,17,18). The summed E-state index contributed by atoms with van der Waals surface area (Å²) in [6.07, 6.45) is 3.65. The molecular formula is C12H17N3O4. The number of carboxylic acid groups (broad SMARTS) is 1. The molecule has 0 spiro atoms. The third-order valence-corrected chi connectivity index (χ3v) is 3.02. The van der Waals surface area contributed by atoms with Crippen molar-refractivity contribution in [2.45, 2.75) is 12.8 Å². The zero-order valence-corrected chi connectivity index (χ0v) is 10.8. The number of hydrogen-bond acceptors (Lipinski definition) is 4. The van der Waals surface area contributed by atoms with Gasteiger partial charge in [-0.15, -0.1) is 0 Å². The highest BCUT2D eigenvalue weighted by molar-refractivity contribution is 6.02. The number of carboxylic acids is 1. The van der Waals surface area contributed by atoms with Crippen LogP contribution in [0.4, 0.5) is 0 Å². The van der Waals surface area contributed by atoms with Gasteiger partial charge in [0, 0.05) is 20.2 Å². The summed E-state index contributed by atoms with van der Waals surface area (Å²) in [6, 6.07) is 0. The monoisotopic (exact) mass is 267 g/mol. The number of ether oxygens (including phenoxy) is 1. The lowest BCUT2D eigenvalue weighted by Gasteiger charge is -2.16. The molecule has 1 aromatic heterocycles. The molecule has 1 aliphatic rings. The summed E-state index contributed by atoms with van der Waals surface area (Å²) in [5.74, 6) is -0.932. The van der Waals surface area contributed by atoms with E-state index in [0.29, 0.717) is 19.1 Å². The van der Waals surface area contributed by atoms with Crippen LogP contribution in [0.2, 0.25) is 0 Å². The second-order valence-corrected chi connectivity index (χ2v) is 4.68. The molecule has 7 nitrogen and oxygen atoms in total. The molecule has 19 heavy (non-hydrogen) atoms. The molecule has 0 saturated heterocycles. The molecule has 7 heteroatoms. The van der Waals surface area contributed by atoms with Crippen molar-refractivity contribution in [3.8, 4) is 0 Å². The summed E-state index contributed by atoms with van der Waals surface area (Å²) in [5, 5.41) is 8.90. The van der Waals surface area contributed by atoms with E-state index in [1.54, 1.807) is 7.05 Å². The highest BCUT2D eigenvalue weighted by Crippen LogP contribution is 2.28. The number of aromatic carboxylic acids is 1. The summed E-state index contributed by atoms with van der Waals surface area (Å²) < 4.78 is 5.44. The largest absolute Gasteiger partial charge is 0.477 e. The number of likely N-dealkylation sites (N-methyl/N-ethyl adjacent to an activating group) is 1. The first-order chi connectivity index (χ1) is 9.09. The average molecular weight is 267 g/mol. The van der Waals surface area contributed by atoms with Gasteiger partial charge in [0.15, 0.2) is 11.4 Å². The maximum Gasteiger partial charge on any atom is 0.354 e. The summed E-state index contributed by atoms with van der Waals surface area (Å²) in [7, 11) is 1.60. The molecule has 0 atom stereocenters. The van der Waals surface area contributed by atoms with Gasteiger partial charge in [0.1, 0.15) is 0 Å². The minimum Gasteiger partial charge on any atom is -0.477 e. The second kappa shape index (κ2) is 5.83. The first kappa shape index (κ1) is 13.5. The van der Waals surface area contributed by atoms with Gasteiger partial charge in [-0.2, -0.15) is 0 Å². The van der Waals surface area contributed by atoms with E-state index in [1.165, 1.54) is 24.1 Å². The quantitative estimate of drug-likeness (QED) is 0.705. The van der Waals surface area contributed by atoms with Gasteiger partial charge in [0.05, 0.1) is 12.9 Å². The first-order valence-corrected chi connectivity index (χ1v) is 6.19. The van der Waals surface area contributed by atoms with Gasteiger partial charge < -0.3 is 19.7 Å². The zero-order chi connectivity index (χ0) is 13.8. The van der Waals surface area contributed by atoms with Crippen LogP contribution in [0.25, 0.3) is 0 Å². The molecule has 0 aliphatic heterocycles. The molecule has 0 bridgehead atoms. The Balaban J connectivity index is 1.83. The van der Waals surface area contributed by atoms with Gasteiger partial charge in [-0.25, -0.2) is 9.78 Å². The highest BCUT2D eigenvalue weighted by atomic mass is 16.5. The van der Waals surface area contributed by atoms with Gasteiger partial charge in [0.2, 0.25) is 0 Å². The van der Waals surface area contributed by atoms with Crippen molar-refractivity contribution < 1.29 is 19.4 Å². The zero-order valence-electron chi connectivity index (χ0n) is 10.8. The van der Waals surface area contributed by atoms with Crippen LogP contribution < -0.4 is 0 Å². The van der Waals surface area contributed by atoms with Crippen molar-refractivity contribution in [1.29, 1.82) is 0 Å².